The lowest BCUT2D eigenvalue weighted by molar-refractivity contribution is -0.161. The molecule has 218 valence electrons. The highest BCUT2D eigenvalue weighted by atomic mass is 35.5. The van der Waals surface area contributed by atoms with Crippen LogP contribution in [0.15, 0.2) is 71.7 Å². The number of alkyl halides is 3. The molecular weight excluding hydrogens is 580 g/mol. The number of nitrogens with zero attached hydrogens (tertiary/aromatic N) is 2. The van der Waals surface area contributed by atoms with E-state index in [0.29, 0.717) is 15.6 Å². The molecule has 1 N–H and O–H groups in total. The lowest BCUT2D eigenvalue weighted by atomic mass is 9.67. The highest BCUT2D eigenvalue weighted by molar-refractivity contribution is 6.30. The molecule has 2 heterocycles. The van der Waals surface area contributed by atoms with Crippen molar-refractivity contribution in [2.45, 2.75) is 63.8 Å². The zero-order chi connectivity index (χ0) is 30.1. The van der Waals surface area contributed by atoms with Gasteiger partial charge in [0.2, 0.25) is 5.91 Å². The summed E-state index contributed by atoms with van der Waals surface area (Å²) in [5.41, 5.74) is -1.49. The molecule has 4 atom stereocenters. The molecule has 3 aromatic rings. The van der Waals surface area contributed by atoms with Gasteiger partial charge in [-0.05, 0) is 54.3 Å². The smallest absolute Gasteiger partial charge is 0.417 e. The Morgan fingerprint density at radius 3 is 2.32 bits per heavy atom. The first-order chi connectivity index (χ1) is 19.2. The number of likely N-dealkylation sites (tertiary alicyclic amines) is 1. The first-order valence-electron chi connectivity index (χ1n) is 13.1. The first-order valence-corrected chi connectivity index (χ1v) is 13.8. The maximum absolute atomic E-state index is 14.3. The zero-order valence-electron chi connectivity index (χ0n) is 22.4. The molecule has 0 bridgehead atoms. The van der Waals surface area contributed by atoms with Crippen LogP contribution in [-0.4, -0.2) is 32.5 Å². The lowest BCUT2D eigenvalue weighted by Crippen LogP contribution is -2.57. The first kappa shape index (κ1) is 30.7. The van der Waals surface area contributed by atoms with Crippen LogP contribution in [0.1, 0.15) is 61.8 Å². The van der Waals surface area contributed by atoms with E-state index < -0.39 is 59.0 Å². The quantitative estimate of drug-likeness (QED) is 0.293. The maximum atomic E-state index is 14.3. The fourth-order valence-electron chi connectivity index (χ4n) is 5.76. The Morgan fingerprint density at radius 2 is 1.73 bits per heavy atom. The van der Waals surface area contributed by atoms with E-state index in [1.165, 1.54) is 0 Å². The van der Waals surface area contributed by atoms with E-state index in [0.717, 1.165) is 28.5 Å². The summed E-state index contributed by atoms with van der Waals surface area (Å²) in [5, 5.41) is 10.7. The van der Waals surface area contributed by atoms with Crippen molar-refractivity contribution in [2.24, 2.45) is 5.41 Å². The van der Waals surface area contributed by atoms with E-state index in [2.05, 4.69) is 0 Å². The van der Waals surface area contributed by atoms with Gasteiger partial charge < -0.3 is 14.6 Å². The number of pyridine rings is 1. The van der Waals surface area contributed by atoms with Crippen molar-refractivity contribution in [1.29, 1.82) is 0 Å². The monoisotopic (exact) mass is 608 g/mol. The van der Waals surface area contributed by atoms with Crippen molar-refractivity contribution in [1.82, 2.24) is 9.47 Å². The maximum Gasteiger partial charge on any atom is 0.417 e. The van der Waals surface area contributed by atoms with Gasteiger partial charge in [0.1, 0.15) is 0 Å². The number of halogens is 5. The van der Waals surface area contributed by atoms with Gasteiger partial charge in [-0.2, -0.15) is 13.2 Å². The summed E-state index contributed by atoms with van der Waals surface area (Å²) in [6, 6.07) is 14.2. The van der Waals surface area contributed by atoms with Crippen LogP contribution in [0.3, 0.4) is 0 Å². The molecule has 4 rings (SSSR count). The fourth-order valence-corrected chi connectivity index (χ4v) is 6.09. The second-order valence-electron chi connectivity index (χ2n) is 10.7. The van der Waals surface area contributed by atoms with E-state index in [-0.39, 0.29) is 19.4 Å². The van der Waals surface area contributed by atoms with Crippen LogP contribution >= 0.6 is 23.2 Å². The van der Waals surface area contributed by atoms with Gasteiger partial charge in [0, 0.05) is 34.8 Å². The number of carbonyl (C=O) groups excluding carboxylic acids is 1. The topological polar surface area (TPSA) is 79.6 Å². The van der Waals surface area contributed by atoms with Crippen molar-refractivity contribution in [2.75, 3.05) is 0 Å². The van der Waals surface area contributed by atoms with Gasteiger partial charge in [-0.3, -0.25) is 14.4 Å². The highest BCUT2D eigenvalue weighted by Crippen LogP contribution is 2.52. The summed E-state index contributed by atoms with van der Waals surface area (Å²) in [7, 11) is 0. The van der Waals surface area contributed by atoms with Gasteiger partial charge in [0.05, 0.1) is 29.5 Å². The Labute approximate surface area is 245 Å². The standard InChI is InChI=1S/C30H29Cl2F3N2O4/c1-3-23(17-36-16-20(30(33,34)35)9-12-25(36)38)37-27(18-7-10-21(31)11-8-18)24(19-5-4-6-22(32)13-19)14-29(2,28(37)41)15-26(39)40/h4-13,16,23-24,27H,3,14-15,17H2,1-2H3,(H,39,40)/t23?,24-,27-,29-/m1/s1. The van der Waals surface area contributed by atoms with Gasteiger partial charge in [0.15, 0.2) is 0 Å². The molecule has 0 spiro atoms. The predicted molar refractivity (Wildman–Crippen MR) is 150 cm³/mol. The molecule has 0 aliphatic carbocycles. The number of benzene rings is 2. The van der Waals surface area contributed by atoms with E-state index in [4.69, 9.17) is 23.2 Å². The van der Waals surface area contributed by atoms with Crippen molar-refractivity contribution in [3.05, 3.63) is 104 Å². The molecule has 1 unspecified atom stereocenters. The molecule has 1 fully saturated rings. The highest BCUT2D eigenvalue weighted by Gasteiger charge is 2.52. The van der Waals surface area contributed by atoms with Gasteiger partial charge in [-0.15, -0.1) is 0 Å². The Morgan fingerprint density at radius 1 is 1.05 bits per heavy atom. The molecular formula is C30H29Cl2F3N2O4. The van der Waals surface area contributed by atoms with Crippen LogP contribution < -0.4 is 5.56 Å². The number of carboxylic acid groups (broad SMARTS) is 1. The largest absolute Gasteiger partial charge is 0.481 e. The summed E-state index contributed by atoms with van der Waals surface area (Å²) in [4.78, 5) is 40.5. The normalized spacial score (nSPS) is 22.0. The zero-order valence-corrected chi connectivity index (χ0v) is 23.9. The van der Waals surface area contributed by atoms with Gasteiger partial charge in [-0.25, -0.2) is 0 Å². The minimum absolute atomic E-state index is 0.183. The van der Waals surface area contributed by atoms with Crippen molar-refractivity contribution in [3.8, 4) is 0 Å². The molecule has 0 saturated carbocycles. The minimum atomic E-state index is -4.66. The molecule has 1 saturated heterocycles. The Balaban J connectivity index is 1.91. The summed E-state index contributed by atoms with van der Waals surface area (Å²) < 4.78 is 41.4. The third-order valence-electron chi connectivity index (χ3n) is 7.71. The van der Waals surface area contributed by atoms with Crippen LogP contribution in [0.25, 0.3) is 0 Å². The number of aliphatic carboxylic acids is 1. The predicted octanol–water partition coefficient (Wildman–Crippen LogP) is 7.19. The average molecular weight is 609 g/mol. The number of piperidine rings is 1. The summed E-state index contributed by atoms with van der Waals surface area (Å²) in [6.07, 6.45) is -3.90. The Hall–Kier alpha value is -3.30. The van der Waals surface area contributed by atoms with Crippen LogP contribution in [0.4, 0.5) is 13.2 Å². The molecule has 1 aliphatic rings. The number of hydrogen-bond donors (Lipinski definition) is 1. The van der Waals surface area contributed by atoms with Crippen molar-refractivity contribution >= 4 is 35.1 Å². The SMILES string of the molecule is CCC(Cn1cc(C(F)(F)F)ccc1=O)N1C(=O)[C@@](C)(CC(=O)O)C[C@H](c2cccc(Cl)c2)[C@H]1c1ccc(Cl)cc1. The van der Waals surface area contributed by atoms with E-state index in [1.807, 2.05) is 6.07 Å². The molecule has 6 nitrogen and oxygen atoms in total. The number of hydrogen-bond acceptors (Lipinski definition) is 3. The third-order valence-corrected chi connectivity index (χ3v) is 8.20. The molecule has 1 aliphatic heterocycles. The van der Waals surface area contributed by atoms with Crippen LogP contribution in [0, 0.1) is 5.41 Å². The van der Waals surface area contributed by atoms with Gasteiger partial charge in [0.25, 0.3) is 5.56 Å². The van der Waals surface area contributed by atoms with E-state index >= 15 is 0 Å². The van der Waals surface area contributed by atoms with Crippen molar-refractivity contribution < 1.29 is 27.9 Å². The third kappa shape index (κ3) is 6.62. The fraction of sp³-hybridized carbons (Fsp3) is 0.367. The summed E-state index contributed by atoms with van der Waals surface area (Å²) >= 11 is 12.5. The summed E-state index contributed by atoms with van der Waals surface area (Å²) in [5.74, 6) is -2.04. The lowest BCUT2D eigenvalue weighted by Gasteiger charge is -2.52. The molecule has 1 amide bonds. The number of aromatic nitrogens is 1. The molecule has 2 aromatic carbocycles. The van der Waals surface area contributed by atoms with Gasteiger partial charge in [-0.1, -0.05) is 61.3 Å². The van der Waals surface area contributed by atoms with Crippen LogP contribution in [-0.2, 0) is 22.3 Å². The number of carboxylic acids is 1. The average Bonchev–Trinajstić information content (AvgIpc) is 2.89. The second kappa shape index (κ2) is 11.9. The Kier molecular flexibility index (Phi) is 8.90. The molecule has 41 heavy (non-hydrogen) atoms. The Bertz CT molecular complexity index is 1490. The number of rotatable bonds is 8. The van der Waals surface area contributed by atoms with Crippen LogP contribution in [0.2, 0.25) is 10.0 Å². The minimum Gasteiger partial charge on any atom is -0.481 e. The van der Waals surface area contributed by atoms with Crippen molar-refractivity contribution in [3.63, 3.8) is 0 Å². The van der Waals surface area contributed by atoms with Crippen LogP contribution in [0.5, 0.6) is 0 Å². The number of amides is 1. The summed E-state index contributed by atoms with van der Waals surface area (Å²) in [6.45, 7) is 3.14. The van der Waals surface area contributed by atoms with E-state index in [1.54, 1.807) is 61.2 Å². The number of carbonyl (C=O) groups is 2. The molecule has 11 heteroatoms. The van der Waals surface area contributed by atoms with E-state index in [9.17, 15) is 32.7 Å². The molecule has 1 aromatic heterocycles. The second-order valence-corrected chi connectivity index (χ2v) is 11.5. The van der Waals surface area contributed by atoms with Gasteiger partial charge >= 0.3 is 12.1 Å². The molecule has 0 radical (unpaired) electrons.